The summed E-state index contributed by atoms with van der Waals surface area (Å²) in [5.74, 6) is 0.736. The Morgan fingerprint density at radius 1 is 0.906 bits per heavy atom. The standard InChI is InChI=1S/C27H25ClN4/c1-2-16-30-27(22-13-7-9-15-24(22)29)31-20-17-25(19-10-4-3-5-11-19)32-26(18-20)21-12-6-8-14-23(21)28/h3-15,17-18H,2,16,29H2,1H3,(H,30,31,32). The van der Waals surface area contributed by atoms with Crippen LogP contribution in [0.5, 0.6) is 0 Å². The molecule has 0 amide bonds. The number of amidine groups is 1. The van der Waals surface area contributed by atoms with Gasteiger partial charge in [-0.2, -0.15) is 0 Å². The van der Waals surface area contributed by atoms with Crippen molar-refractivity contribution in [3.05, 3.63) is 102 Å². The first-order chi connectivity index (χ1) is 15.7. The number of benzene rings is 3. The highest BCUT2D eigenvalue weighted by atomic mass is 35.5. The Hall–Kier alpha value is -3.63. The molecule has 32 heavy (non-hydrogen) atoms. The third kappa shape index (κ3) is 4.98. The summed E-state index contributed by atoms with van der Waals surface area (Å²) in [4.78, 5) is 9.68. The fourth-order valence-corrected chi connectivity index (χ4v) is 3.66. The second-order valence-corrected chi connectivity index (χ2v) is 7.82. The first-order valence-electron chi connectivity index (χ1n) is 10.6. The number of pyridine rings is 1. The number of nitrogens with zero attached hydrogens (tertiary/aromatic N) is 2. The van der Waals surface area contributed by atoms with Crippen molar-refractivity contribution in [2.45, 2.75) is 13.3 Å². The Balaban J connectivity index is 1.83. The summed E-state index contributed by atoms with van der Waals surface area (Å²) in [6.45, 7) is 2.80. The van der Waals surface area contributed by atoms with Gasteiger partial charge in [0, 0.05) is 39.6 Å². The molecule has 0 bridgehead atoms. The molecule has 3 N–H and O–H groups in total. The molecule has 1 aromatic heterocycles. The summed E-state index contributed by atoms with van der Waals surface area (Å²) in [5.41, 5.74) is 12.2. The number of aliphatic imine (C=N–C) groups is 1. The molecule has 0 aliphatic rings. The van der Waals surface area contributed by atoms with E-state index in [1.165, 1.54) is 0 Å². The van der Waals surface area contributed by atoms with Gasteiger partial charge in [-0.1, -0.05) is 79.2 Å². The molecule has 0 aliphatic carbocycles. The maximum Gasteiger partial charge on any atom is 0.134 e. The van der Waals surface area contributed by atoms with E-state index >= 15 is 0 Å². The molecule has 0 spiro atoms. The highest BCUT2D eigenvalue weighted by molar-refractivity contribution is 6.33. The monoisotopic (exact) mass is 440 g/mol. The van der Waals surface area contributed by atoms with Gasteiger partial charge in [-0.05, 0) is 36.8 Å². The molecule has 4 aromatic rings. The van der Waals surface area contributed by atoms with Crippen LogP contribution in [0.2, 0.25) is 5.02 Å². The van der Waals surface area contributed by atoms with Crippen LogP contribution in [0.15, 0.2) is 96.0 Å². The van der Waals surface area contributed by atoms with E-state index < -0.39 is 0 Å². The number of para-hydroxylation sites is 1. The van der Waals surface area contributed by atoms with Crippen LogP contribution in [0.3, 0.4) is 0 Å². The number of nitrogens with one attached hydrogen (secondary N) is 1. The first kappa shape index (κ1) is 21.6. The third-order valence-corrected chi connectivity index (χ3v) is 5.35. The normalized spacial score (nSPS) is 11.4. The van der Waals surface area contributed by atoms with Gasteiger partial charge in [-0.25, -0.2) is 4.98 Å². The lowest BCUT2D eigenvalue weighted by Crippen LogP contribution is -2.16. The van der Waals surface area contributed by atoms with Gasteiger partial charge >= 0.3 is 0 Å². The van der Waals surface area contributed by atoms with E-state index in [1.54, 1.807) is 0 Å². The number of nitrogens with two attached hydrogens (primary N) is 1. The van der Waals surface area contributed by atoms with Crippen molar-refractivity contribution in [3.63, 3.8) is 0 Å². The van der Waals surface area contributed by atoms with Gasteiger partial charge in [-0.15, -0.1) is 0 Å². The Labute approximate surface area is 193 Å². The Bertz CT molecular complexity index is 1240. The molecule has 0 fully saturated rings. The molecular formula is C27H25ClN4. The summed E-state index contributed by atoms with van der Waals surface area (Å²) in [7, 11) is 0. The fraction of sp³-hybridized carbons (Fsp3) is 0.111. The molecule has 0 unspecified atom stereocenters. The van der Waals surface area contributed by atoms with Gasteiger partial charge in [0.2, 0.25) is 0 Å². The lowest BCUT2D eigenvalue weighted by molar-refractivity contribution is 0.932. The minimum absolute atomic E-state index is 0.656. The van der Waals surface area contributed by atoms with Crippen LogP contribution in [-0.4, -0.2) is 17.4 Å². The highest BCUT2D eigenvalue weighted by Crippen LogP contribution is 2.31. The van der Waals surface area contributed by atoms with Crippen LogP contribution in [0.4, 0.5) is 11.4 Å². The van der Waals surface area contributed by atoms with Crippen molar-refractivity contribution < 1.29 is 0 Å². The van der Waals surface area contributed by atoms with E-state index in [2.05, 4.69) is 12.2 Å². The molecule has 0 saturated heterocycles. The summed E-state index contributed by atoms with van der Waals surface area (Å²) in [5, 5.41) is 4.15. The first-order valence-corrected chi connectivity index (χ1v) is 11.0. The molecule has 5 heteroatoms. The van der Waals surface area contributed by atoms with Crippen LogP contribution in [0.25, 0.3) is 22.5 Å². The predicted octanol–water partition coefficient (Wildman–Crippen LogP) is 6.92. The number of anilines is 2. The zero-order valence-corrected chi connectivity index (χ0v) is 18.7. The average molecular weight is 441 g/mol. The zero-order valence-electron chi connectivity index (χ0n) is 17.9. The minimum atomic E-state index is 0.656. The fourth-order valence-electron chi connectivity index (χ4n) is 3.43. The Morgan fingerprint density at radius 3 is 2.34 bits per heavy atom. The van der Waals surface area contributed by atoms with E-state index in [0.29, 0.717) is 17.3 Å². The van der Waals surface area contributed by atoms with Crippen LogP contribution in [0, 0.1) is 0 Å². The molecule has 0 atom stereocenters. The molecule has 0 saturated carbocycles. The predicted molar refractivity (Wildman–Crippen MR) is 136 cm³/mol. The van der Waals surface area contributed by atoms with Crippen LogP contribution in [-0.2, 0) is 0 Å². The lowest BCUT2D eigenvalue weighted by atomic mass is 10.1. The maximum absolute atomic E-state index is 6.50. The van der Waals surface area contributed by atoms with Crippen molar-refractivity contribution >= 4 is 28.8 Å². The Kier molecular flexibility index (Phi) is 6.83. The number of nitrogen functional groups attached to an aromatic ring is 1. The van der Waals surface area contributed by atoms with Gasteiger partial charge in [0.1, 0.15) is 5.84 Å². The van der Waals surface area contributed by atoms with Crippen molar-refractivity contribution in [3.8, 4) is 22.5 Å². The SMILES string of the molecule is CCCN=C(Nc1cc(-c2ccccc2)nc(-c2ccccc2Cl)c1)c1ccccc1N. The number of aromatic nitrogens is 1. The second kappa shape index (κ2) is 10.1. The van der Waals surface area contributed by atoms with Gasteiger partial charge in [0.25, 0.3) is 0 Å². The quantitative estimate of drug-likeness (QED) is 0.194. The second-order valence-electron chi connectivity index (χ2n) is 7.41. The molecule has 160 valence electrons. The van der Waals surface area contributed by atoms with Gasteiger partial charge in [0.15, 0.2) is 0 Å². The zero-order chi connectivity index (χ0) is 22.3. The maximum atomic E-state index is 6.50. The number of hydrogen-bond donors (Lipinski definition) is 2. The molecule has 1 heterocycles. The van der Waals surface area contributed by atoms with E-state index in [1.807, 2.05) is 91.0 Å². The molecule has 0 radical (unpaired) electrons. The van der Waals surface area contributed by atoms with Gasteiger partial charge < -0.3 is 11.1 Å². The van der Waals surface area contributed by atoms with Gasteiger partial charge in [-0.3, -0.25) is 4.99 Å². The van der Waals surface area contributed by atoms with Crippen LogP contribution in [0.1, 0.15) is 18.9 Å². The molecule has 3 aromatic carbocycles. The summed E-state index contributed by atoms with van der Waals surface area (Å²) < 4.78 is 0. The largest absolute Gasteiger partial charge is 0.398 e. The van der Waals surface area contributed by atoms with Crippen LogP contribution >= 0.6 is 11.6 Å². The van der Waals surface area contributed by atoms with E-state index in [0.717, 1.165) is 46.0 Å². The van der Waals surface area contributed by atoms with Crippen molar-refractivity contribution in [2.75, 3.05) is 17.6 Å². The van der Waals surface area contributed by atoms with E-state index in [9.17, 15) is 0 Å². The summed E-state index contributed by atoms with van der Waals surface area (Å²) in [6, 6.07) is 29.6. The molecule has 4 nitrogen and oxygen atoms in total. The minimum Gasteiger partial charge on any atom is -0.398 e. The smallest absolute Gasteiger partial charge is 0.134 e. The molecular weight excluding hydrogens is 416 g/mol. The number of rotatable bonds is 6. The van der Waals surface area contributed by atoms with Crippen molar-refractivity contribution in [1.29, 1.82) is 0 Å². The summed E-state index contributed by atoms with van der Waals surface area (Å²) in [6.07, 6.45) is 0.939. The highest BCUT2D eigenvalue weighted by Gasteiger charge is 2.13. The topological polar surface area (TPSA) is 63.3 Å². The Morgan fingerprint density at radius 2 is 1.59 bits per heavy atom. The van der Waals surface area contributed by atoms with E-state index in [-0.39, 0.29) is 0 Å². The number of halogens is 1. The summed E-state index contributed by atoms with van der Waals surface area (Å²) >= 11 is 6.50. The number of hydrogen-bond acceptors (Lipinski definition) is 3. The van der Waals surface area contributed by atoms with Crippen LogP contribution < -0.4 is 11.1 Å². The van der Waals surface area contributed by atoms with Crippen molar-refractivity contribution in [2.24, 2.45) is 4.99 Å². The molecule has 4 rings (SSSR count). The lowest BCUT2D eigenvalue weighted by Gasteiger charge is -2.15. The third-order valence-electron chi connectivity index (χ3n) is 5.02. The van der Waals surface area contributed by atoms with E-state index in [4.69, 9.17) is 27.3 Å². The molecule has 0 aliphatic heterocycles. The van der Waals surface area contributed by atoms with Gasteiger partial charge in [0.05, 0.1) is 11.4 Å². The average Bonchev–Trinajstić information content (AvgIpc) is 2.83. The van der Waals surface area contributed by atoms with Crippen molar-refractivity contribution in [1.82, 2.24) is 4.98 Å².